The molecule has 4 nitrogen and oxygen atoms in total. The first-order chi connectivity index (χ1) is 20.6. The lowest BCUT2D eigenvalue weighted by Gasteiger charge is -2.59. The van der Waals surface area contributed by atoms with Gasteiger partial charge in [-0.3, -0.25) is 4.79 Å². The van der Waals surface area contributed by atoms with Gasteiger partial charge in [-0.15, -0.1) is 0 Å². The summed E-state index contributed by atoms with van der Waals surface area (Å²) in [7, 11) is -3.94. The van der Waals surface area contributed by atoms with Crippen LogP contribution in [0.25, 0.3) is 0 Å². The highest BCUT2D eigenvalue weighted by atomic mass is 28.4. The van der Waals surface area contributed by atoms with Crippen LogP contribution in [-0.4, -0.2) is 41.4 Å². The molecule has 6 heteroatoms. The zero-order chi connectivity index (χ0) is 33.8. The monoisotopic (exact) mass is 656 g/mol. The minimum absolute atomic E-state index is 0.00222. The Morgan fingerprint density at radius 2 is 1.60 bits per heavy atom. The summed E-state index contributed by atoms with van der Waals surface area (Å²) >= 11 is 0. The van der Waals surface area contributed by atoms with Crippen molar-refractivity contribution >= 4 is 22.6 Å². The second-order valence-corrected chi connectivity index (χ2v) is 28.0. The van der Waals surface area contributed by atoms with Crippen LogP contribution in [0.15, 0.2) is 34.9 Å². The van der Waals surface area contributed by atoms with Gasteiger partial charge in [0.15, 0.2) is 16.6 Å². The Hall–Kier alpha value is -0.956. The van der Waals surface area contributed by atoms with Crippen molar-refractivity contribution in [2.24, 2.45) is 28.6 Å². The molecule has 4 aliphatic carbocycles. The lowest BCUT2D eigenvalue weighted by molar-refractivity contribution is -0.143. The number of fused-ring (bicyclic) bond motifs is 5. The molecule has 0 aromatic heterocycles. The Bertz CT molecular complexity index is 1200. The molecule has 0 radical (unpaired) electrons. The third-order valence-electron chi connectivity index (χ3n) is 13.6. The molecular formula is C39H68O4Si2. The van der Waals surface area contributed by atoms with E-state index in [0.29, 0.717) is 30.8 Å². The maximum absolute atomic E-state index is 12.0. The predicted molar refractivity (Wildman–Crippen MR) is 194 cm³/mol. The normalized spacial score (nSPS) is 32.9. The van der Waals surface area contributed by atoms with Gasteiger partial charge < -0.3 is 13.6 Å². The molecule has 2 saturated carbocycles. The van der Waals surface area contributed by atoms with Crippen LogP contribution in [0.4, 0.5) is 0 Å². The lowest BCUT2D eigenvalue weighted by atomic mass is 9.49. The van der Waals surface area contributed by atoms with Crippen LogP contribution < -0.4 is 0 Å². The van der Waals surface area contributed by atoms with E-state index in [2.05, 4.69) is 107 Å². The molecular weight excluding hydrogens is 589 g/mol. The van der Waals surface area contributed by atoms with Crippen LogP contribution in [0.2, 0.25) is 36.3 Å². The molecule has 0 unspecified atom stereocenters. The number of rotatable bonds is 10. The fourth-order valence-electron chi connectivity index (χ4n) is 8.72. The third-order valence-corrected chi connectivity index (χ3v) is 22.6. The number of esters is 1. The van der Waals surface area contributed by atoms with Crippen molar-refractivity contribution in [3.8, 4) is 0 Å². The second-order valence-electron chi connectivity index (χ2n) is 18.5. The summed E-state index contributed by atoms with van der Waals surface area (Å²) in [6.45, 7) is 33.7. The van der Waals surface area contributed by atoms with Crippen LogP contribution >= 0.6 is 0 Å². The fraction of sp³-hybridized carbons (Fsp3) is 0.821. The van der Waals surface area contributed by atoms with E-state index in [1.54, 1.807) is 16.7 Å². The van der Waals surface area contributed by atoms with E-state index in [4.69, 9.17) is 13.6 Å². The van der Waals surface area contributed by atoms with E-state index in [1.807, 2.05) is 6.92 Å². The molecule has 4 rings (SSSR count). The van der Waals surface area contributed by atoms with Gasteiger partial charge in [0.2, 0.25) is 0 Å². The van der Waals surface area contributed by atoms with E-state index >= 15 is 0 Å². The maximum Gasteiger partial charge on any atom is 0.305 e. The standard InChI is InChI=1S/C39H68O4Si2/c1-15-41-35(40)18-16-17-27(2)31-21-22-32-30-20-19-28-25-29(42-44(11,12)36(3,4)5)26-34(43-45(13,14)37(6,7)8)39(28,10)33(30)23-24-38(31,32)9/h19-21,27,29,32-34H,15-18,22-26H2,1-14H3/t27-,29+,32-,33-,34-,38+,39-/m0/s1. The molecule has 45 heavy (non-hydrogen) atoms. The van der Waals surface area contributed by atoms with E-state index in [9.17, 15) is 4.79 Å². The zero-order valence-corrected chi connectivity index (χ0v) is 33.6. The average Bonchev–Trinajstić information content (AvgIpc) is 3.25. The molecule has 0 bridgehead atoms. The molecule has 0 aromatic carbocycles. The first kappa shape index (κ1) is 36.9. The topological polar surface area (TPSA) is 44.8 Å². The van der Waals surface area contributed by atoms with Gasteiger partial charge in [-0.1, -0.05) is 97.3 Å². The summed E-state index contributed by atoms with van der Waals surface area (Å²) in [5.41, 5.74) is 5.08. The highest BCUT2D eigenvalue weighted by Crippen LogP contribution is 2.65. The molecule has 0 N–H and O–H groups in total. The van der Waals surface area contributed by atoms with Gasteiger partial charge in [-0.25, -0.2) is 0 Å². The van der Waals surface area contributed by atoms with Crippen molar-refractivity contribution in [1.29, 1.82) is 0 Å². The minimum atomic E-state index is -2.02. The van der Waals surface area contributed by atoms with E-state index in [0.717, 1.165) is 32.1 Å². The molecule has 2 fully saturated rings. The number of hydrogen-bond donors (Lipinski definition) is 0. The van der Waals surface area contributed by atoms with Crippen molar-refractivity contribution in [3.63, 3.8) is 0 Å². The Labute approximate surface area is 279 Å². The van der Waals surface area contributed by atoms with Crippen LogP contribution in [-0.2, 0) is 18.4 Å². The molecule has 0 aliphatic heterocycles. The van der Waals surface area contributed by atoms with Gasteiger partial charge >= 0.3 is 5.97 Å². The predicted octanol–water partition coefficient (Wildman–Crippen LogP) is 11.2. The van der Waals surface area contributed by atoms with Gasteiger partial charge in [-0.2, -0.15) is 0 Å². The molecule has 0 saturated heterocycles. The average molecular weight is 657 g/mol. The molecule has 0 heterocycles. The Balaban J connectivity index is 1.63. The fourth-order valence-corrected chi connectivity index (χ4v) is 11.5. The summed E-state index contributed by atoms with van der Waals surface area (Å²) in [6, 6.07) is 0. The first-order valence-electron chi connectivity index (χ1n) is 18.2. The molecule has 4 aliphatic rings. The highest BCUT2D eigenvalue weighted by Gasteiger charge is 2.59. The lowest BCUT2D eigenvalue weighted by Crippen LogP contribution is -2.58. The Morgan fingerprint density at radius 1 is 0.978 bits per heavy atom. The molecule has 0 aromatic rings. The minimum Gasteiger partial charge on any atom is -0.466 e. The van der Waals surface area contributed by atoms with Crippen molar-refractivity contribution in [2.45, 2.75) is 169 Å². The maximum atomic E-state index is 12.0. The SMILES string of the molecule is CCOC(=O)CCC[C@H](C)C1=CC[C@H]2C3=CC=C4C[C@@H](O[Si](C)(C)C(C)(C)C)C[C@H](O[Si](C)(C)C(C)(C)C)[C@]4(C)[C@H]3CC[C@]12C. The molecule has 7 atom stereocenters. The molecule has 256 valence electrons. The summed E-state index contributed by atoms with van der Waals surface area (Å²) in [5, 5.41) is 0.348. The number of carbonyl (C=O) groups is 1. The van der Waals surface area contributed by atoms with E-state index in [1.165, 1.54) is 12.8 Å². The smallest absolute Gasteiger partial charge is 0.305 e. The van der Waals surface area contributed by atoms with Crippen molar-refractivity contribution in [1.82, 2.24) is 0 Å². The zero-order valence-electron chi connectivity index (χ0n) is 31.6. The van der Waals surface area contributed by atoms with Crippen LogP contribution in [0.1, 0.15) is 121 Å². The number of carbonyl (C=O) groups excluding carboxylic acids is 1. The van der Waals surface area contributed by atoms with E-state index in [-0.39, 0.29) is 39.1 Å². The second kappa shape index (κ2) is 12.8. The van der Waals surface area contributed by atoms with Gasteiger partial charge in [0.1, 0.15) is 0 Å². The van der Waals surface area contributed by atoms with Crippen molar-refractivity contribution < 1.29 is 18.4 Å². The summed E-state index contributed by atoms with van der Waals surface area (Å²) in [4.78, 5) is 12.0. The van der Waals surface area contributed by atoms with E-state index < -0.39 is 16.6 Å². The van der Waals surface area contributed by atoms with Gasteiger partial charge in [0.05, 0.1) is 18.8 Å². The summed E-state index contributed by atoms with van der Waals surface area (Å²) in [6.07, 6.45) is 16.1. The summed E-state index contributed by atoms with van der Waals surface area (Å²) < 4.78 is 19.9. The number of hydrogen-bond acceptors (Lipinski definition) is 4. The van der Waals surface area contributed by atoms with Gasteiger partial charge in [-0.05, 0) is 111 Å². The molecule has 0 amide bonds. The summed E-state index contributed by atoms with van der Waals surface area (Å²) in [5.74, 6) is 1.51. The highest BCUT2D eigenvalue weighted by molar-refractivity contribution is 6.74. The number of allylic oxidation sites excluding steroid dienone is 5. The third kappa shape index (κ3) is 6.96. The van der Waals surface area contributed by atoms with Gasteiger partial charge in [0.25, 0.3) is 0 Å². The molecule has 0 spiro atoms. The quantitative estimate of drug-likeness (QED) is 0.133. The van der Waals surface area contributed by atoms with Crippen LogP contribution in [0.3, 0.4) is 0 Å². The number of ether oxygens (including phenoxy) is 1. The first-order valence-corrected chi connectivity index (χ1v) is 24.0. The van der Waals surface area contributed by atoms with Crippen LogP contribution in [0, 0.1) is 28.6 Å². The van der Waals surface area contributed by atoms with Crippen LogP contribution in [0.5, 0.6) is 0 Å². The van der Waals surface area contributed by atoms with Gasteiger partial charge in [0, 0.05) is 11.8 Å². The van der Waals surface area contributed by atoms with Crippen molar-refractivity contribution in [3.05, 3.63) is 34.9 Å². The Morgan fingerprint density at radius 3 is 2.20 bits per heavy atom. The Kier molecular flexibility index (Phi) is 10.5. The largest absolute Gasteiger partial charge is 0.466 e. The van der Waals surface area contributed by atoms with Crippen molar-refractivity contribution in [2.75, 3.05) is 6.61 Å².